The highest BCUT2D eigenvalue weighted by Gasteiger charge is 2.52. The Morgan fingerprint density at radius 3 is 0.942 bits per heavy atom. The fourth-order valence-electron chi connectivity index (χ4n) is 6.78. The summed E-state index contributed by atoms with van der Waals surface area (Å²) in [6.45, 7) is 3.49. The minimum Gasteiger partial charge on any atom is -0.486 e. The summed E-state index contributed by atoms with van der Waals surface area (Å²) in [5.41, 5.74) is -14.3. The highest BCUT2D eigenvalue weighted by Crippen LogP contribution is 2.31. The van der Waals surface area contributed by atoms with Crippen molar-refractivity contribution < 1.29 is 128 Å². The van der Waals surface area contributed by atoms with Gasteiger partial charge in [-0.05, 0) is 24.3 Å². The molecule has 6 aromatic rings. The third-order valence-electron chi connectivity index (χ3n) is 9.78. The molecule has 4 nitrogen and oxygen atoms in total. The van der Waals surface area contributed by atoms with Gasteiger partial charge in [0, 0.05) is 7.11 Å². The van der Waals surface area contributed by atoms with E-state index in [1.807, 2.05) is 18.2 Å². The third kappa shape index (κ3) is 10.3. The zero-order valence-corrected chi connectivity index (χ0v) is 36.2. The van der Waals surface area contributed by atoms with Gasteiger partial charge in [0.05, 0.1) is 33.0 Å². The monoisotopic (exact) mass is 1120 g/mol. The van der Waals surface area contributed by atoms with Gasteiger partial charge < -0.3 is 18.9 Å². The predicted octanol–water partition coefficient (Wildman–Crippen LogP) is 5.72. The van der Waals surface area contributed by atoms with Gasteiger partial charge in [0.2, 0.25) is 3.57 Å². The minimum atomic E-state index is -7.22. The lowest BCUT2D eigenvalue weighted by atomic mass is 9.12. The molecule has 0 aliphatic heterocycles. The van der Waals surface area contributed by atoms with Crippen LogP contribution in [0.4, 0.5) is 87.8 Å². The molecule has 0 spiro atoms. The van der Waals surface area contributed by atoms with Gasteiger partial charge in [0.15, 0.2) is 79.1 Å². The summed E-state index contributed by atoms with van der Waals surface area (Å²) < 4.78 is 318. The standard InChI is InChI=1S/C24BF20.C19H24IO4/c26-5-1(6(27)14(35)21(42)13(5)34)25(2-7(28)15(36)22(43)16(37)8(2)29,3-9(30)17(38)23(44)18(39)10(3)31)4-11(32)19(40)24(45)20(41)12(4)33;1-21-11-12-22-13-14-23-15-16-24-19-10-6-5-9-18(19)20-17-7-3-2-4-8-17/h;2-10H,11-16H2,1H3/q-1;+1. The molecule has 6 aromatic carbocycles. The van der Waals surface area contributed by atoms with Crippen LogP contribution in [0.15, 0.2) is 54.6 Å². The number of benzene rings is 6. The Kier molecular flexibility index (Phi) is 18.0. The smallest absolute Gasteiger partial charge is 0.362 e. The van der Waals surface area contributed by atoms with Crippen LogP contribution in [-0.2, 0) is 14.2 Å². The second-order valence-electron chi connectivity index (χ2n) is 13.7. The average molecular weight is 1120 g/mol. The highest BCUT2D eigenvalue weighted by atomic mass is 127. The Morgan fingerprint density at radius 1 is 0.333 bits per heavy atom. The lowest BCUT2D eigenvalue weighted by Gasteiger charge is -2.44. The van der Waals surface area contributed by atoms with E-state index in [1.165, 1.54) is 7.14 Å². The molecule has 0 fully saturated rings. The van der Waals surface area contributed by atoms with Crippen LogP contribution in [0.3, 0.4) is 0 Å². The number of ether oxygens (including phenoxy) is 4. The van der Waals surface area contributed by atoms with E-state index in [1.54, 1.807) is 7.11 Å². The first kappa shape index (κ1) is 54.3. The maximum Gasteiger partial charge on any atom is 0.362 e. The molecule has 26 heteroatoms. The van der Waals surface area contributed by atoms with Crippen molar-refractivity contribution in [1.82, 2.24) is 0 Å². The van der Waals surface area contributed by atoms with Crippen molar-refractivity contribution in [2.75, 3.05) is 46.8 Å². The molecular formula is C43H24BF20IO4. The normalized spacial score (nSPS) is 11.6. The summed E-state index contributed by atoms with van der Waals surface area (Å²) in [7, 11) is 1.66. The molecule has 0 atom stereocenters. The predicted molar refractivity (Wildman–Crippen MR) is 199 cm³/mol. The lowest BCUT2D eigenvalue weighted by molar-refractivity contribution is -0.598. The lowest BCUT2D eigenvalue weighted by Crippen LogP contribution is -3.61. The molecule has 6 rings (SSSR count). The minimum absolute atomic E-state index is 0.229. The second-order valence-corrected chi connectivity index (χ2v) is 16.6. The molecule has 0 aliphatic rings. The molecule has 370 valence electrons. The van der Waals surface area contributed by atoms with E-state index < -0.39 is 144 Å². The molecule has 0 unspecified atom stereocenters. The molecule has 0 bridgehead atoms. The number of hydrogen-bond acceptors (Lipinski definition) is 4. The second kappa shape index (κ2) is 22.9. The molecule has 0 aromatic heterocycles. The van der Waals surface area contributed by atoms with Gasteiger partial charge in [-0.25, -0.2) is 87.8 Å². The zero-order chi connectivity index (χ0) is 51.2. The summed E-state index contributed by atoms with van der Waals surface area (Å²) in [4.78, 5) is 0. The Balaban J connectivity index is 0.000000311. The molecule has 0 aliphatic carbocycles. The van der Waals surface area contributed by atoms with Crippen LogP contribution in [-0.4, -0.2) is 52.9 Å². The summed E-state index contributed by atoms with van der Waals surface area (Å²) in [5, 5.41) is 0. The van der Waals surface area contributed by atoms with Crippen LogP contribution < -0.4 is 47.8 Å². The number of hydrogen-bond donors (Lipinski definition) is 0. The van der Waals surface area contributed by atoms with Crippen molar-refractivity contribution >= 4 is 28.0 Å². The summed E-state index contributed by atoms with van der Waals surface area (Å²) in [5.74, 6) is -70.4. The molecule has 0 amide bonds. The Bertz CT molecular complexity index is 2480. The van der Waals surface area contributed by atoms with Gasteiger partial charge in [-0.2, -0.15) is 0 Å². The van der Waals surface area contributed by atoms with E-state index in [0.717, 1.165) is 5.75 Å². The van der Waals surface area contributed by atoms with Gasteiger partial charge in [-0.15, -0.1) is 21.9 Å². The van der Waals surface area contributed by atoms with Crippen LogP contribution in [0.5, 0.6) is 5.75 Å². The van der Waals surface area contributed by atoms with Crippen molar-refractivity contribution in [2.24, 2.45) is 0 Å². The van der Waals surface area contributed by atoms with Crippen molar-refractivity contribution in [3.05, 3.63) is 178 Å². The van der Waals surface area contributed by atoms with E-state index >= 15 is 35.1 Å². The molecule has 0 N–H and O–H groups in total. The number of para-hydroxylation sites is 1. The summed E-state index contributed by atoms with van der Waals surface area (Å²) >= 11 is -0.229. The van der Waals surface area contributed by atoms with Gasteiger partial charge >= 0.3 is 21.2 Å². The van der Waals surface area contributed by atoms with Crippen LogP contribution in [0.1, 0.15) is 0 Å². The topological polar surface area (TPSA) is 36.9 Å². The van der Waals surface area contributed by atoms with E-state index in [9.17, 15) is 52.7 Å². The molecule has 69 heavy (non-hydrogen) atoms. The highest BCUT2D eigenvalue weighted by molar-refractivity contribution is 7.20. The number of rotatable bonds is 16. The van der Waals surface area contributed by atoms with Crippen LogP contribution in [0.25, 0.3) is 0 Å². The van der Waals surface area contributed by atoms with E-state index in [0.29, 0.717) is 39.6 Å². The van der Waals surface area contributed by atoms with E-state index in [2.05, 4.69) is 36.4 Å². The van der Waals surface area contributed by atoms with Crippen molar-refractivity contribution in [3.8, 4) is 5.75 Å². The summed E-state index contributed by atoms with van der Waals surface area (Å²) in [6, 6.07) is 18.8. The van der Waals surface area contributed by atoms with Gasteiger partial charge in [-0.1, -0.05) is 30.3 Å². The fourth-order valence-corrected chi connectivity index (χ4v) is 9.22. The van der Waals surface area contributed by atoms with Crippen LogP contribution >= 0.6 is 0 Å². The van der Waals surface area contributed by atoms with Gasteiger partial charge in [0.25, 0.3) is 0 Å². The quantitative estimate of drug-likeness (QED) is 0.0311. The zero-order valence-electron chi connectivity index (χ0n) is 34.1. The van der Waals surface area contributed by atoms with Crippen LogP contribution in [0, 0.1) is 123 Å². The first-order valence-electron chi connectivity index (χ1n) is 18.9. The summed E-state index contributed by atoms with van der Waals surface area (Å²) in [6.07, 6.45) is -7.22. The molecule has 0 heterocycles. The molecular weight excluding hydrogens is 1100 g/mol. The molecule has 0 saturated heterocycles. The average Bonchev–Trinajstić information content (AvgIpc) is 3.34. The largest absolute Gasteiger partial charge is 0.486 e. The Hall–Kier alpha value is -5.61. The molecule has 0 saturated carbocycles. The van der Waals surface area contributed by atoms with Gasteiger partial charge in [0.1, 0.15) is 59.3 Å². The number of halogens is 21. The van der Waals surface area contributed by atoms with E-state index in [4.69, 9.17) is 18.9 Å². The number of methoxy groups -OCH3 is 1. The maximum atomic E-state index is 15.4. The Labute approximate surface area is 385 Å². The van der Waals surface area contributed by atoms with Crippen molar-refractivity contribution in [3.63, 3.8) is 0 Å². The van der Waals surface area contributed by atoms with Gasteiger partial charge in [-0.3, -0.25) is 0 Å². The van der Waals surface area contributed by atoms with Crippen molar-refractivity contribution in [1.29, 1.82) is 0 Å². The SMILES string of the molecule is COCCOCCOCCOc1ccccc1[I+]c1ccccc1.Fc1c(F)c(F)c([B-](c2c(F)c(F)c(F)c(F)c2F)(c2c(F)c(F)c(F)c(F)c2F)c2c(F)c(F)c(F)c(F)c2F)c(F)c1F. The Morgan fingerprint density at radius 2 is 0.609 bits per heavy atom. The van der Waals surface area contributed by atoms with Crippen molar-refractivity contribution in [2.45, 2.75) is 0 Å². The first-order valence-corrected chi connectivity index (χ1v) is 21.1. The third-order valence-corrected chi connectivity index (χ3v) is 12.6. The molecule has 0 radical (unpaired) electrons. The fraction of sp³-hybridized carbons (Fsp3) is 0.163. The first-order chi connectivity index (χ1) is 32.6. The maximum absolute atomic E-state index is 15.4. The van der Waals surface area contributed by atoms with E-state index in [-0.39, 0.29) is 21.2 Å². The van der Waals surface area contributed by atoms with Crippen LogP contribution in [0.2, 0.25) is 0 Å².